The lowest BCUT2D eigenvalue weighted by molar-refractivity contribution is 0.0941. The van der Waals surface area contributed by atoms with Crippen molar-refractivity contribution in [2.45, 2.75) is 12.6 Å². The summed E-state index contributed by atoms with van der Waals surface area (Å²) in [6.45, 7) is 0.303. The summed E-state index contributed by atoms with van der Waals surface area (Å²) in [5.74, 6) is 0.468. The van der Waals surface area contributed by atoms with Crippen LogP contribution in [0.15, 0.2) is 60.9 Å². The van der Waals surface area contributed by atoms with Crippen molar-refractivity contribution in [1.82, 2.24) is 20.2 Å². The van der Waals surface area contributed by atoms with Gasteiger partial charge in [-0.15, -0.1) is 0 Å². The molecule has 0 bridgehead atoms. The Bertz CT molecular complexity index is 967. The van der Waals surface area contributed by atoms with E-state index >= 15 is 0 Å². The summed E-state index contributed by atoms with van der Waals surface area (Å²) in [5, 5.41) is 6.16. The summed E-state index contributed by atoms with van der Waals surface area (Å²) in [4.78, 5) is 28.0. The minimum absolute atomic E-state index is 0.239. The van der Waals surface area contributed by atoms with Gasteiger partial charge in [0.25, 0.3) is 5.91 Å². The van der Waals surface area contributed by atoms with Crippen molar-refractivity contribution in [3.05, 3.63) is 88.5 Å². The molecule has 4 N–H and O–H groups in total. The van der Waals surface area contributed by atoms with E-state index in [2.05, 4.69) is 15.6 Å². The molecule has 1 aromatic heterocycles. The quantitative estimate of drug-likeness (QED) is 0.596. The molecule has 3 amide bonds. The third-order valence-corrected chi connectivity index (χ3v) is 4.53. The summed E-state index contributed by atoms with van der Waals surface area (Å²) in [5.41, 5.74) is 7.27. The summed E-state index contributed by atoms with van der Waals surface area (Å²) < 4.78 is 1.86. The molecule has 3 aromatic rings. The standard InChI is InChI=1S/C20H20ClN5O2/c1-26-11-10-23-18(26)17(14-6-8-16(21)9-7-14)25-19(27)15-4-2-13(3-5-15)12-24-20(22)28/h2-11,17H,12H2,1H3,(H,25,27)(H3,22,24,28)/t17-/m0/s1. The van der Waals surface area contributed by atoms with Crippen LogP contribution in [0.25, 0.3) is 0 Å². The molecule has 1 heterocycles. The third kappa shape index (κ3) is 4.69. The van der Waals surface area contributed by atoms with Gasteiger partial charge >= 0.3 is 6.03 Å². The zero-order valence-corrected chi connectivity index (χ0v) is 16.0. The molecule has 8 heteroatoms. The van der Waals surface area contributed by atoms with E-state index in [0.29, 0.717) is 23.0 Å². The number of aromatic nitrogens is 2. The highest BCUT2D eigenvalue weighted by atomic mass is 35.5. The van der Waals surface area contributed by atoms with E-state index in [1.807, 2.05) is 29.9 Å². The van der Waals surface area contributed by atoms with Crippen molar-refractivity contribution in [2.24, 2.45) is 12.8 Å². The van der Waals surface area contributed by atoms with Crippen LogP contribution in [-0.2, 0) is 13.6 Å². The lowest BCUT2D eigenvalue weighted by atomic mass is 10.0. The lowest BCUT2D eigenvalue weighted by Gasteiger charge is -2.19. The highest BCUT2D eigenvalue weighted by molar-refractivity contribution is 6.30. The first-order valence-corrected chi connectivity index (χ1v) is 8.97. The van der Waals surface area contributed by atoms with Crippen LogP contribution >= 0.6 is 11.6 Å². The molecule has 0 unspecified atom stereocenters. The van der Waals surface area contributed by atoms with Gasteiger partial charge in [0.05, 0.1) is 0 Å². The fourth-order valence-electron chi connectivity index (χ4n) is 2.79. The van der Waals surface area contributed by atoms with E-state index < -0.39 is 12.1 Å². The van der Waals surface area contributed by atoms with Crippen molar-refractivity contribution < 1.29 is 9.59 Å². The maximum Gasteiger partial charge on any atom is 0.312 e. The summed E-state index contributed by atoms with van der Waals surface area (Å²) in [6, 6.07) is 13.2. The van der Waals surface area contributed by atoms with Crippen LogP contribution in [0.3, 0.4) is 0 Å². The highest BCUT2D eigenvalue weighted by Gasteiger charge is 2.21. The van der Waals surface area contributed by atoms with Crippen molar-refractivity contribution in [3.8, 4) is 0 Å². The minimum Gasteiger partial charge on any atom is -0.352 e. The number of carbonyl (C=O) groups is 2. The number of hydrogen-bond donors (Lipinski definition) is 3. The number of carbonyl (C=O) groups excluding carboxylic acids is 2. The summed E-state index contributed by atoms with van der Waals surface area (Å²) in [7, 11) is 1.87. The predicted octanol–water partition coefficient (Wildman–Crippen LogP) is 2.76. The number of nitrogens with one attached hydrogen (secondary N) is 2. The Labute approximate surface area is 167 Å². The van der Waals surface area contributed by atoms with Crippen LogP contribution in [0.4, 0.5) is 4.79 Å². The molecular formula is C20H20ClN5O2. The Hall–Kier alpha value is -3.32. The largest absolute Gasteiger partial charge is 0.352 e. The molecule has 144 valence electrons. The Morgan fingerprint density at radius 3 is 2.39 bits per heavy atom. The molecule has 0 saturated heterocycles. The second-order valence-electron chi connectivity index (χ2n) is 6.27. The number of nitrogens with two attached hydrogens (primary N) is 1. The smallest absolute Gasteiger partial charge is 0.312 e. The van der Waals surface area contributed by atoms with Crippen LogP contribution in [0.2, 0.25) is 5.02 Å². The molecular weight excluding hydrogens is 378 g/mol. The number of halogens is 1. The van der Waals surface area contributed by atoms with Crippen molar-refractivity contribution >= 4 is 23.5 Å². The first kappa shape index (κ1) is 19.4. The van der Waals surface area contributed by atoms with Gasteiger partial charge in [0.1, 0.15) is 11.9 Å². The molecule has 2 aromatic carbocycles. The Kier molecular flexibility index (Phi) is 5.96. The average molecular weight is 398 g/mol. The maximum absolute atomic E-state index is 12.8. The fourth-order valence-corrected chi connectivity index (χ4v) is 2.91. The van der Waals surface area contributed by atoms with Crippen LogP contribution in [0, 0.1) is 0 Å². The first-order valence-electron chi connectivity index (χ1n) is 8.60. The van der Waals surface area contributed by atoms with Crippen molar-refractivity contribution in [1.29, 1.82) is 0 Å². The molecule has 0 aliphatic heterocycles. The van der Waals surface area contributed by atoms with Crippen LogP contribution in [-0.4, -0.2) is 21.5 Å². The van der Waals surface area contributed by atoms with Gasteiger partial charge in [-0.3, -0.25) is 4.79 Å². The average Bonchev–Trinajstić information content (AvgIpc) is 3.11. The Balaban J connectivity index is 1.80. The molecule has 28 heavy (non-hydrogen) atoms. The van der Waals surface area contributed by atoms with E-state index in [-0.39, 0.29) is 5.91 Å². The van der Waals surface area contributed by atoms with Crippen LogP contribution in [0.5, 0.6) is 0 Å². The van der Waals surface area contributed by atoms with Gasteiger partial charge < -0.3 is 20.9 Å². The first-order chi connectivity index (χ1) is 13.4. The van der Waals surface area contributed by atoms with E-state index in [0.717, 1.165) is 11.1 Å². The molecule has 0 aliphatic rings. The van der Waals surface area contributed by atoms with Gasteiger partial charge in [-0.05, 0) is 35.4 Å². The number of amides is 3. The van der Waals surface area contributed by atoms with Crippen molar-refractivity contribution in [3.63, 3.8) is 0 Å². The van der Waals surface area contributed by atoms with Gasteiger partial charge in [0.2, 0.25) is 0 Å². The monoisotopic (exact) mass is 397 g/mol. The lowest BCUT2D eigenvalue weighted by Crippen LogP contribution is -2.31. The number of nitrogens with zero attached hydrogens (tertiary/aromatic N) is 2. The maximum atomic E-state index is 12.8. The molecule has 0 fully saturated rings. The predicted molar refractivity (Wildman–Crippen MR) is 107 cm³/mol. The van der Waals surface area contributed by atoms with Gasteiger partial charge in [0, 0.05) is 36.6 Å². The molecule has 0 spiro atoms. The topological polar surface area (TPSA) is 102 Å². The zero-order chi connectivity index (χ0) is 20.1. The van der Waals surface area contributed by atoms with Crippen LogP contribution in [0.1, 0.15) is 33.4 Å². The fraction of sp³-hybridized carbons (Fsp3) is 0.150. The van der Waals surface area contributed by atoms with Gasteiger partial charge in [0.15, 0.2) is 0 Å². The van der Waals surface area contributed by atoms with Gasteiger partial charge in [-0.1, -0.05) is 35.9 Å². The number of primary amides is 1. The van der Waals surface area contributed by atoms with E-state index in [9.17, 15) is 9.59 Å². The van der Waals surface area contributed by atoms with Crippen molar-refractivity contribution in [2.75, 3.05) is 0 Å². The Morgan fingerprint density at radius 2 is 1.82 bits per heavy atom. The molecule has 3 rings (SSSR count). The normalized spacial score (nSPS) is 11.6. The minimum atomic E-state index is -0.595. The van der Waals surface area contributed by atoms with Gasteiger partial charge in [-0.25, -0.2) is 9.78 Å². The number of aryl methyl sites for hydroxylation is 1. The number of rotatable bonds is 6. The Morgan fingerprint density at radius 1 is 1.14 bits per heavy atom. The van der Waals surface area contributed by atoms with E-state index in [1.54, 1.807) is 42.6 Å². The summed E-state index contributed by atoms with van der Waals surface area (Å²) in [6.07, 6.45) is 3.51. The van der Waals surface area contributed by atoms with E-state index in [4.69, 9.17) is 17.3 Å². The molecule has 0 radical (unpaired) electrons. The van der Waals surface area contributed by atoms with Gasteiger partial charge in [-0.2, -0.15) is 0 Å². The SMILES string of the molecule is Cn1ccnc1[C@@H](NC(=O)c1ccc(CNC(N)=O)cc1)c1ccc(Cl)cc1. The van der Waals surface area contributed by atoms with E-state index in [1.165, 1.54) is 0 Å². The zero-order valence-electron chi connectivity index (χ0n) is 15.2. The molecule has 7 nitrogen and oxygen atoms in total. The third-order valence-electron chi connectivity index (χ3n) is 4.28. The summed E-state index contributed by atoms with van der Waals surface area (Å²) >= 11 is 5.99. The number of imidazole rings is 1. The molecule has 1 atom stereocenters. The molecule has 0 aliphatic carbocycles. The number of hydrogen-bond acceptors (Lipinski definition) is 3. The second-order valence-corrected chi connectivity index (χ2v) is 6.71. The number of benzene rings is 2. The second kappa shape index (κ2) is 8.58. The number of urea groups is 1. The van der Waals surface area contributed by atoms with Crippen LogP contribution < -0.4 is 16.4 Å². The highest BCUT2D eigenvalue weighted by Crippen LogP contribution is 2.23. The molecule has 0 saturated carbocycles.